The summed E-state index contributed by atoms with van der Waals surface area (Å²) in [7, 11) is 0. The van der Waals surface area contributed by atoms with Gasteiger partial charge in [-0.1, -0.05) is 0 Å². The molecule has 114 valence electrons. The minimum atomic E-state index is 0.646. The lowest BCUT2D eigenvalue weighted by Crippen LogP contribution is -2.62. The van der Waals surface area contributed by atoms with Crippen LogP contribution in [0.3, 0.4) is 0 Å². The highest BCUT2D eigenvalue weighted by Crippen LogP contribution is 2.16. The van der Waals surface area contributed by atoms with E-state index in [1.807, 2.05) is 19.1 Å². The number of aryl methyl sites for hydroxylation is 1. The quantitative estimate of drug-likeness (QED) is 0.123. The van der Waals surface area contributed by atoms with Gasteiger partial charge in [0, 0.05) is 12.7 Å². The molecule has 0 bridgehead atoms. The maximum atomic E-state index is 5.52. The second kappa shape index (κ2) is 11.5. The summed E-state index contributed by atoms with van der Waals surface area (Å²) in [5.41, 5.74) is 19.0. The normalized spacial score (nSPS) is 10.7. The van der Waals surface area contributed by atoms with Crippen molar-refractivity contribution in [2.45, 2.75) is 19.8 Å². The van der Waals surface area contributed by atoms with Crippen LogP contribution in [0.25, 0.3) is 0 Å². The predicted molar refractivity (Wildman–Crippen MR) is 74.7 cm³/mol. The molecule has 1 rings (SSSR count). The van der Waals surface area contributed by atoms with E-state index < -0.39 is 0 Å². The second-order valence-corrected chi connectivity index (χ2v) is 3.68. The number of aromatic nitrogens is 1. The van der Waals surface area contributed by atoms with E-state index in [1.165, 1.54) is 0 Å². The van der Waals surface area contributed by atoms with Gasteiger partial charge in [-0.05, 0) is 31.9 Å². The van der Waals surface area contributed by atoms with Crippen molar-refractivity contribution in [3.05, 3.63) is 24.0 Å². The van der Waals surface area contributed by atoms with Crippen LogP contribution in [0.15, 0.2) is 18.3 Å². The monoisotopic (exact) mass is 285 g/mol. The van der Waals surface area contributed by atoms with Crippen LogP contribution in [-0.2, 0) is 6.42 Å². The van der Waals surface area contributed by atoms with Crippen LogP contribution in [0.1, 0.15) is 19.0 Å². The maximum Gasteiger partial charge on any atom is 0.140 e. The van der Waals surface area contributed by atoms with Gasteiger partial charge in [-0.2, -0.15) is 33.2 Å². The number of nitrogens with zero attached hydrogens (tertiary/aromatic N) is 1. The lowest BCUT2D eigenvalue weighted by atomic mass is 10.2. The van der Waals surface area contributed by atoms with Gasteiger partial charge in [0.15, 0.2) is 0 Å². The fourth-order valence-corrected chi connectivity index (χ4v) is 1.48. The van der Waals surface area contributed by atoms with Gasteiger partial charge in [-0.3, -0.25) is 10.8 Å². The maximum absolute atomic E-state index is 5.52. The average Bonchev–Trinajstić information content (AvgIpc) is 2.47. The van der Waals surface area contributed by atoms with Gasteiger partial charge >= 0.3 is 0 Å². The molecule has 0 fully saturated rings. The number of ether oxygens (including phenoxy) is 1. The number of pyridine rings is 1. The first-order valence-electron chi connectivity index (χ1n) is 6.38. The van der Waals surface area contributed by atoms with Crippen molar-refractivity contribution < 1.29 is 4.74 Å². The molecule has 0 spiro atoms. The smallest absolute Gasteiger partial charge is 0.140 e. The van der Waals surface area contributed by atoms with Crippen LogP contribution in [0.5, 0.6) is 5.75 Å². The average molecular weight is 285 g/mol. The molecule has 0 aliphatic heterocycles. The summed E-state index contributed by atoms with van der Waals surface area (Å²) in [6.45, 7) is 3.37. The van der Waals surface area contributed by atoms with E-state index in [0.717, 1.165) is 30.8 Å². The highest BCUT2D eigenvalue weighted by atomic mass is 16.5. The molecule has 10 nitrogen and oxygen atoms in total. The van der Waals surface area contributed by atoms with Gasteiger partial charge in [0.2, 0.25) is 0 Å². The Kier molecular flexibility index (Phi) is 9.56. The Labute approximate surface area is 118 Å². The molecule has 10 heteroatoms. The predicted octanol–water partition coefficient (Wildman–Crippen LogP) is -2.10. The van der Waals surface area contributed by atoms with E-state index in [4.69, 9.17) is 10.6 Å². The van der Waals surface area contributed by atoms with E-state index in [9.17, 15) is 0 Å². The second-order valence-electron chi connectivity index (χ2n) is 3.68. The van der Waals surface area contributed by atoms with Crippen molar-refractivity contribution in [3.63, 3.8) is 0 Å². The van der Waals surface area contributed by atoms with Gasteiger partial charge < -0.3 is 4.74 Å². The van der Waals surface area contributed by atoms with Crippen LogP contribution in [0, 0.1) is 0 Å². The fraction of sp³-hybridized carbons (Fsp3) is 0.500. The van der Waals surface area contributed by atoms with Crippen molar-refractivity contribution in [1.82, 2.24) is 43.6 Å². The number of nitrogens with two attached hydrogens (primary N) is 1. The van der Waals surface area contributed by atoms with Gasteiger partial charge in [0.25, 0.3) is 0 Å². The van der Waals surface area contributed by atoms with Gasteiger partial charge in [0.05, 0.1) is 12.3 Å². The van der Waals surface area contributed by atoms with E-state index in [0.29, 0.717) is 6.61 Å². The number of nitrogens with one attached hydrogen (secondary N) is 7. The molecule has 1 heterocycles. The SMILES string of the molecule is CCOc1cccnc1CCCNNNNNNNN. The zero-order valence-electron chi connectivity index (χ0n) is 11.5. The van der Waals surface area contributed by atoms with Crippen LogP contribution >= 0.6 is 0 Å². The van der Waals surface area contributed by atoms with Gasteiger partial charge in [-0.25, -0.2) is 5.43 Å². The summed E-state index contributed by atoms with van der Waals surface area (Å²) in [5.74, 6) is 5.81. The molecule has 9 N–H and O–H groups in total. The third kappa shape index (κ3) is 7.28. The van der Waals surface area contributed by atoms with Gasteiger partial charge in [-0.15, -0.1) is 0 Å². The zero-order valence-corrected chi connectivity index (χ0v) is 11.5. The van der Waals surface area contributed by atoms with Crippen molar-refractivity contribution >= 4 is 0 Å². The molecule has 20 heavy (non-hydrogen) atoms. The summed E-state index contributed by atoms with van der Waals surface area (Å²) in [6, 6.07) is 3.81. The summed E-state index contributed by atoms with van der Waals surface area (Å²) in [6.07, 6.45) is 3.54. The number of hydrogen-bond donors (Lipinski definition) is 8. The minimum Gasteiger partial charge on any atom is -0.492 e. The first kappa shape index (κ1) is 16.7. The molecule has 0 amide bonds. The fourth-order valence-electron chi connectivity index (χ4n) is 1.48. The molecule has 0 aromatic carbocycles. The molecule has 0 aliphatic rings. The molecule has 0 saturated heterocycles. The lowest BCUT2D eigenvalue weighted by molar-refractivity contribution is 0.273. The molecule has 1 aromatic heterocycles. The molecule has 0 unspecified atom stereocenters. The van der Waals surface area contributed by atoms with E-state index >= 15 is 0 Å². The molecule has 0 aliphatic carbocycles. The molecule has 0 atom stereocenters. The van der Waals surface area contributed by atoms with Crippen molar-refractivity contribution in [3.8, 4) is 5.75 Å². The first-order chi connectivity index (χ1) is 9.88. The highest BCUT2D eigenvalue weighted by molar-refractivity contribution is 5.26. The summed E-state index contributed by atoms with van der Waals surface area (Å²) < 4.78 is 5.52. The number of rotatable bonds is 12. The molecular formula is C10H23N9O. The molecule has 1 aromatic rings. The Hall–Kier alpha value is -1.37. The van der Waals surface area contributed by atoms with E-state index in [2.05, 4.69) is 43.6 Å². The summed E-state index contributed by atoms with van der Waals surface area (Å²) >= 11 is 0. The summed E-state index contributed by atoms with van der Waals surface area (Å²) in [5, 5.41) is 0. The third-order valence-corrected chi connectivity index (χ3v) is 2.27. The largest absolute Gasteiger partial charge is 0.492 e. The third-order valence-electron chi connectivity index (χ3n) is 2.27. The molecule has 0 radical (unpaired) electrons. The number of hydrazine groups is 7. The van der Waals surface area contributed by atoms with Crippen LogP contribution in [0.2, 0.25) is 0 Å². The standard InChI is InChI=1S/C10H23N9O/c1-2-20-10-6-4-7-12-9(10)5-3-8-13-15-17-19-18-16-14-11/h4,6-7,13-19H,2-3,5,8,11H2,1H3. The number of hydrogen-bond acceptors (Lipinski definition) is 10. The highest BCUT2D eigenvalue weighted by Gasteiger charge is 2.03. The Morgan fingerprint density at radius 1 is 1.20 bits per heavy atom. The Morgan fingerprint density at radius 3 is 2.80 bits per heavy atom. The van der Waals surface area contributed by atoms with Crippen LogP contribution < -0.4 is 49.2 Å². The van der Waals surface area contributed by atoms with E-state index in [1.54, 1.807) is 6.20 Å². The molecular weight excluding hydrogens is 262 g/mol. The Morgan fingerprint density at radius 2 is 2.00 bits per heavy atom. The van der Waals surface area contributed by atoms with Crippen molar-refractivity contribution in [2.75, 3.05) is 13.2 Å². The van der Waals surface area contributed by atoms with E-state index in [-0.39, 0.29) is 0 Å². The Bertz CT molecular complexity index is 351. The topological polar surface area (TPSA) is 132 Å². The molecule has 0 saturated carbocycles. The lowest BCUT2D eigenvalue weighted by Gasteiger charge is -2.11. The minimum absolute atomic E-state index is 0.646. The van der Waals surface area contributed by atoms with Crippen molar-refractivity contribution in [1.29, 1.82) is 0 Å². The van der Waals surface area contributed by atoms with Crippen LogP contribution in [0.4, 0.5) is 0 Å². The first-order valence-corrected chi connectivity index (χ1v) is 6.38. The van der Waals surface area contributed by atoms with Gasteiger partial charge in [0.1, 0.15) is 5.75 Å². The zero-order chi connectivity index (χ0) is 14.5. The van der Waals surface area contributed by atoms with Crippen molar-refractivity contribution in [2.24, 2.45) is 5.84 Å². The van der Waals surface area contributed by atoms with Crippen LogP contribution in [-0.4, -0.2) is 18.1 Å². The Balaban J connectivity index is 2.06. The summed E-state index contributed by atoms with van der Waals surface area (Å²) in [4.78, 5) is 4.33.